The van der Waals surface area contributed by atoms with Gasteiger partial charge in [0.2, 0.25) is 0 Å². The fourth-order valence-electron chi connectivity index (χ4n) is 2.58. The quantitative estimate of drug-likeness (QED) is 0.432. The standard InChI is InChI=1S/C19H11Cl3N4/c20-12-3-4-16-17(9-12)25-18(11-2-1-5-23-10-11)26-19(16)24-15-7-13(21)6-14(22)8-15/h1-10H,(H,24,25,26). The minimum Gasteiger partial charge on any atom is -0.340 e. The summed E-state index contributed by atoms with van der Waals surface area (Å²) < 4.78 is 0. The maximum Gasteiger partial charge on any atom is 0.163 e. The van der Waals surface area contributed by atoms with Gasteiger partial charge in [0.05, 0.1) is 5.52 Å². The zero-order chi connectivity index (χ0) is 18.1. The number of fused-ring (bicyclic) bond motifs is 1. The first kappa shape index (κ1) is 17.0. The number of hydrogen-bond donors (Lipinski definition) is 1. The second-order valence-electron chi connectivity index (χ2n) is 5.58. The highest BCUT2D eigenvalue weighted by Gasteiger charge is 2.11. The van der Waals surface area contributed by atoms with E-state index in [1.165, 1.54) is 0 Å². The highest BCUT2D eigenvalue weighted by molar-refractivity contribution is 6.35. The maximum atomic E-state index is 6.14. The number of rotatable bonds is 3. The van der Waals surface area contributed by atoms with Gasteiger partial charge < -0.3 is 5.32 Å². The van der Waals surface area contributed by atoms with Crippen molar-refractivity contribution in [1.82, 2.24) is 15.0 Å². The average molecular weight is 402 g/mol. The van der Waals surface area contributed by atoms with Crippen molar-refractivity contribution in [2.24, 2.45) is 0 Å². The van der Waals surface area contributed by atoms with E-state index < -0.39 is 0 Å². The van der Waals surface area contributed by atoms with Gasteiger partial charge in [-0.05, 0) is 48.5 Å². The molecule has 4 aromatic rings. The van der Waals surface area contributed by atoms with Crippen LogP contribution >= 0.6 is 34.8 Å². The maximum absolute atomic E-state index is 6.14. The summed E-state index contributed by atoms with van der Waals surface area (Å²) in [5, 5.41) is 5.78. The first-order chi connectivity index (χ1) is 12.6. The van der Waals surface area contributed by atoms with Crippen LogP contribution in [-0.2, 0) is 0 Å². The Labute approximate surface area is 164 Å². The summed E-state index contributed by atoms with van der Waals surface area (Å²) in [6.45, 7) is 0. The molecule has 7 heteroatoms. The van der Waals surface area contributed by atoms with Crippen molar-refractivity contribution >= 4 is 57.2 Å². The monoisotopic (exact) mass is 400 g/mol. The molecule has 0 aliphatic heterocycles. The zero-order valence-corrected chi connectivity index (χ0v) is 15.5. The molecule has 4 rings (SSSR count). The largest absolute Gasteiger partial charge is 0.340 e. The lowest BCUT2D eigenvalue weighted by atomic mass is 10.2. The number of halogens is 3. The molecule has 0 amide bonds. The van der Waals surface area contributed by atoms with Crippen molar-refractivity contribution in [2.45, 2.75) is 0 Å². The molecule has 0 spiro atoms. The predicted molar refractivity (Wildman–Crippen MR) is 108 cm³/mol. The number of nitrogens with one attached hydrogen (secondary N) is 1. The van der Waals surface area contributed by atoms with Gasteiger partial charge in [0.25, 0.3) is 0 Å². The third kappa shape index (κ3) is 3.58. The SMILES string of the molecule is Clc1cc(Cl)cc(Nc2nc(-c3cccnc3)nc3cc(Cl)ccc23)c1. The van der Waals surface area contributed by atoms with Gasteiger partial charge in [-0.15, -0.1) is 0 Å². The molecule has 0 radical (unpaired) electrons. The summed E-state index contributed by atoms with van der Waals surface area (Å²) in [7, 11) is 0. The molecule has 2 aromatic carbocycles. The minimum absolute atomic E-state index is 0.536. The molecule has 26 heavy (non-hydrogen) atoms. The summed E-state index contributed by atoms with van der Waals surface area (Å²) in [6, 6.07) is 14.4. The Kier molecular flexibility index (Phi) is 4.64. The summed E-state index contributed by atoms with van der Waals surface area (Å²) in [5.41, 5.74) is 2.26. The molecule has 2 heterocycles. The van der Waals surface area contributed by atoms with Crippen LogP contribution in [0.2, 0.25) is 15.1 Å². The van der Waals surface area contributed by atoms with E-state index in [2.05, 4.69) is 20.3 Å². The van der Waals surface area contributed by atoms with Crippen LogP contribution in [0.4, 0.5) is 11.5 Å². The van der Waals surface area contributed by atoms with Crippen molar-refractivity contribution in [1.29, 1.82) is 0 Å². The Morgan fingerprint density at radius 1 is 0.808 bits per heavy atom. The molecule has 0 aliphatic rings. The van der Waals surface area contributed by atoms with Crippen molar-refractivity contribution < 1.29 is 0 Å². The number of benzene rings is 2. The van der Waals surface area contributed by atoms with Gasteiger partial charge in [-0.1, -0.05) is 34.8 Å². The summed E-state index contributed by atoms with van der Waals surface area (Å²) >= 11 is 18.3. The molecule has 4 nitrogen and oxygen atoms in total. The van der Waals surface area contributed by atoms with Gasteiger partial charge >= 0.3 is 0 Å². The molecular weight excluding hydrogens is 391 g/mol. The van der Waals surface area contributed by atoms with Gasteiger partial charge in [0.1, 0.15) is 5.82 Å². The van der Waals surface area contributed by atoms with E-state index in [0.717, 1.165) is 22.2 Å². The fraction of sp³-hybridized carbons (Fsp3) is 0. The van der Waals surface area contributed by atoms with Gasteiger partial charge in [-0.25, -0.2) is 9.97 Å². The summed E-state index contributed by atoms with van der Waals surface area (Å²) in [6.07, 6.45) is 3.42. The van der Waals surface area contributed by atoms with Crippen molar-refractivity contribution in [3.05, 3.63) is 76.0 Å². The van der Waals surface area contributed by atoms with Crippen LogP contribution in [0.15, 0.2) is 60.9 Å². The lowest BCUT2D eigenvalue weighted by Gasteiger charge is -2.12. The van der Waals surface area contributed by atoms with E-state index in [-0.39, 0.29) is 0 Å². The van der Waals surface area contributed by atoms with Gasteiger partial charge in [-0.3, -0.25) is 4.98 Å². The number of anilines is 2. The Bertz CT molecular complexity index is 1080. The molecule has 0 saturated heterocycles. The molecule has 0 unspecified atom stereocenters. The second kappa shape index (κ2) is 7.08. The third-order valence-electron chi connectivity index (χ3n) is 3.70. The number of nitrogens with zero attached hydrogens (tertiary/aromatic N) is 3. The van der Waals surface area contributed by atoms with E-state index in [1.807, 2.05) is 18.2 Å². The summed E-state index contributed by atoms with van der Waals surface area (Å²) in [5.74, 6) is 1.17. The van der Waals surface area contributed by atoms with E-state index in [9.17, 15) is 0 Å². The third-order valence-corrected chi connectivity index (χ3v) is 4.38. The van der Waals surface area contributed by atoms with Gasteiger partial charge in [0, 0.05) is 44.1 Å². The van der Waals surface area contributed by atoms with E-state index in [1.54, 1.807) is 42.7 Å². The fourth-order valence-corrected chi connectivity index (χ4v) is 3.28. The van der Waals surface area contributed by atoms with Crippen LogP contribution in [0.25, 0.3) is 22.3 Å². The Balaban J connectivity index is 1.89. The Hall–Kier alpha value is -2.40. The number of pyridine rings is 1. The Morgan fingerprint density at radius 3 is 2.35 bits per heavy atom. The molecule has 2 aromatic heterocycles. The molecule has 0 bridgehead atoms. The van der Waals surface area contributed by atoms with Crippen LogP contribution in [0.5, 0.6) is 0 Å². The molecule has 0 aliphatic carbocycles. The molecule has 1 N–H and O–H groups in total. The van der Waals surface area contributed by atoms with Crippen LogP contribution in [0, 0.1) is 0 Å². The molecule has 0 saturated carbocycles. The topological polar surface area (TPSA) is 50.7 Å². The average Bonchev–Trinajstić information content (AvgIpc) is 2.61. The Morgan fingerprint density at radius 2 is 1.62 bits per heavy atom. The smallest absolute Gasteiger partial charge is 0.163 e. The lowest BCUT2D eigenvalue weighted by molar-refractivity contribution is 1.20. The van der Waals surface area contributed by atoms with Crippen LogP contribution in [0.1, 0.15) is 0 Å². The van der Waals surface area contributed by atoms with Gasteiger partial charge in [0.15, 0.2) is 5.82 Å². The highest BCUT2D eigenvalue weighted by Crippen LogP contribution is 2.30. The first-order valence-electron chi connectivity index (χ1n) is 7.69. The molecule has 0 atom stereocenters. The second-order valence-corrected chi connectivity index (χ2v) is 6.89. The molecular formula is C19H11Cl3N4. The van der Waals surface area contributed by atoms with Crippen molar-refractivity contribution in [2.75, 3.05) is 5.32 Å². The predicted octanol–water partition coefficient (Wildman–Crippen LogP) is 6.40. The highest BCUT2D eigenvalue weighted by atomic mass is 35.5. The molecule has 128 valence electrons. The van der Waals surface area contributed by atoms with E-state index >= 15 is 0 Å². The van der Waals surface area contributed by atoms with Crippen molar-refractivity contribution in [3.63, 3.8) is 0 Å². The zero-order valence-electron chi connectivity index (χ0n) is 13.2. The van der Waals surface area contributed by atoms with Crippen LogP contribution in [-0.4, -0.2) is 15.0 Å². The van der Waals surface area contributed by atoms with E-state index in [0.29, 0.717) is 26.7 Å². The molecule has 0 fully saturated rings. The first-order valence-corrected chi connectivity index (χ1v) is 8.83. The number of aromatic nitrogens is 3. The van der Waals surface area contributed by atoms with Crippen molar-refractivity contribution in [3.8, 4) is 11.4 Å². The number of hydrogen-bond acceptors (Lipinski definition) is 4. The lowest BCUT2D eigenvalue weighted by Crippen LogP contribution is -1.99. The summed E-state index contributed by atoms with van der Waals surface area (Å²) in [4.78, 5) is 13.4. The normalized spacial score (nSPS) is 10.9. The van der Waals surface area contributed by atoms with Gasteiger partial charge in [-0.2, -0.15) is 0 Å². The van der Waals surface area contributed by atoms with E-state index in [4.69, 9.17) is 34.8 Å². The van der Waals surface area contributed by atoms with Crippen LogP contribution < -0.4 is 5.32 Å². The minimum atomic E-state index is 0.536. The van der Waals surface area contributed by atoms with Crippen LogP contribution in [0.3, 0.4) is 0 Å².